The lowest BCUT2D eigenvalue weighted by molar-refractivity contribution is -0.138. The number of halogens is 3. The molecule has 6 heteroatoms. The maximum atomic E-state index is 12.9. The number of alkyl halides is 3. The van der Waals surface area contributed by atoms with Crippen molar-refractivity contribution in [2.75, 3.05) is 19.7 Å². The van der Waals surface area contributed by atoms with Crippen molar-refractivity contribution in [3.63, 3.8) is 0 Å². The molecule has 1 aromatic carbocycles. The molecule has 0 saturated carbocycles. The van der Waals surface area contributed by atoms with Crippen LogP contribution in [0.15, 0.2) is 18.2 Å². The molecule has 20 heavy (non-hydrogen) atoms. The monoisotopic (exact) mass is 287 g/mol. The number of likely N-dealkylation sites (tertiary alicyclic amines) is 1. The van der Waals surface area contributed by atoms with Crippen LogP contribution in [0, 0.1) is 6.92 Å². The van der Waals surface area contributed by atoms with Crippen LogP contribution >= 0.6 is 0 Å². The van der Waals surface area contributed by atoms with E-state index < -0.39 is 17.8 Å². The minimum absolute atomic E-state index is 0.0402. The minimum Gasteiger partial charge on any atom is -0.449 e. The summed E-state index contributed by atoms with van der Waals surface area (Å²) in [6, 6.07) is 4.18. The average molecular weight is 287 g/mol. The van der Waals surface area contributed by atoms with Crippen molar-refractivity contribution >= 4 is 6.09 Å². The van der Waals surface area contributed by atoms with Crippen LogP contribution in [0.2, 0.25) is 0 Å². The van der Waals surface area contributed by atoms with Crippen molar-refractivity contribution < 1.29 is 22.7 Å². The van der Waals surface area contributed by atoms with Crippen LogP contribution in [0.5, 0.6) is 0 Å². The molecule has 0 radical (unpaired) electrons. The number of hydrogen-bond donors (Lipinski definition) is 0. The summed E-state index contributed by atoms with van der Waals surface area (Å²) in [6.45, 7) is 2.90. The minimum atomic E-state index is -4.39. The molecule has 2 rings (SSSR count). The van der Waals surface area contributed by atoms with Gasteiger partial charge < -0.3 is 9.64 Å². The van der Waals surface area contributed by atoms with Crippen LogP contribution < -0.4 is 0 Å². The van der Waals surface area contributed by atoms with E-state index >= 15 is 0 Å². The van der Waals surface area contributed by atoms with Gasteiger partial charge in [0.15, 0.2) is 0 Å². The maximum Gasteiger partial charge on any atom is 0.416 e. The third-order valence-corrected chi connectivity index (χ3v) is 3.28. The number of carbonyl (C=O) groups is 1. The molecule has 1 saturated heterocycles. The SMILES string of the molecule is Cc1ccc(CCOC(=O)N2CCC2)c(C(F)(F)F)c1. The predicted octanol–water partition coefficient (Wildman–Crippen LogP) is 3.40. The van der Waals surface area contributed by atoms with Gasteiger partial charge in [0.25, 0.3) is 0 Å². The van der Waals surface area contributed by atoms with Crippen LogP contribution in [0.1, 0.15) is 23.1 Å². The highest BCUT2D eigenvalue weighted by Gasteiger charge is 2.33. The first-order valence-corrected chi connectivity index (χ1v) is 6.46. The number of benzene rings is 1. The quantitative estimate of drug-likeness (QED) is 0.852. The molecule has 0 N–H and O–H groups in total. The lowest BCUT2D eigenvalue weighted by Gasteiger charge is -2.29. The number of hydrogen-bond acceptors (Lipinski definition) is 2. The predicted molar refractivity (Wildman–Crippen MR) is 67.4 cm³/mol. The number of amides is 1. The third-order valence-electron chi connectivity index (χ3n) is 3.28. The van der Waals surface area contributed by atoms with Gasteiger partial charge >= 0.3 is 12.3 Å². The lowest BCUT2D eigenvalue weighted by Crippen LogP contribution is -2.42. The molecule has 1 heterocycles. The van der Waals surface area contributed by atoms with Gasteiger partial charge in [0.05, 0.1) is 12.2 Å². The Balaban J connectivity index is 1.96. The maximum absolute atomic E-state index is 12.9. The van der Waals surface area contributed by atoms with Crippen molar-refractivity contribution in [2.45, 2.75) is 25.9 Å². The van der Waals surface area contributed by atoms with Crippen LogP contribution in [0.3, 0.4) is 0 Å². The molecule has 1 amide bonds. The molecule has 1 aliphatic heterocycles. The zero-order chi connectivity index (χ0) is 14.8. The molecule has 0 spiro atoms. The Kier molecular flexibility index (Phi) is 4.20. The van der Waals surface area contributed by atoms with E-state index in [1.807, 2.05) is 0 Å². The Hall–Kier alpha value is -1.72. The van der Waals surface area contributed by atoms with Gasteiger partial charge in [0.2, 0.25) is 0 Å². The van der Waals surface area contributed by atoms with Gasteiger partial charge in [0, 0.05) is 19.5 Å². The van der Waals surface area contributed by atoms with Gasteiger partial charge in [-0.05, 0) is 25.0 Å². The zero-order valence-electron chi connectivity index (χ0n) is 11.2. The summed E-state index contributed by atoms with van der Waals surface area (Å²) in [7, 11) is 0. The topological polar surface area (TPSA) is 29.5 Å². The Bertz CT molecular complexity index is 496. The molecule has 3 nitrogen and oxygen atoms in total. The molecule has 0 aromatic heterocycles. The van der Waals surface area contributed by atoms with Gasteiger partial charge in [-0.2, -0.15) is 13.2 Å². The van der Waals surface area contributed by atoms with E-state index in [0.717, 1.165) is 12.5 Å². The highest BCUT2D eigenvalue weighted by atomic mass is 19.4. The van der Waals surface area contributed by atoms with Gasteiger partial charge in [-0.25, -0.2) is 4.79 Å². The second-order valence-corrected chi connectivity index (χ2v) is 4.86. The van der Waals surface area contributed by atoms with Gasteiger partial charge in [-0.3, -0.25) is 0 Å². The Labute approximate surface area is 115 Å². The molecular formula is C14H16F3NO2. The van der Waals surface area contributed by atoms with Crippen LogP contribution in [0.25, 0.3) is 0 Å². The first-order chi connectivity index (χ1) is 9.38. The van der Waals surface area contributed by atoms with Gasteiger partial charge in [-0.15, -0.1) is 0 Å². The largest absolute Gasteiger partial charge is 0.449 e. The molecular weight excluding hydrogens is 271 g/mol. The van der Waals surface area contributed by atoms with E-state index in [0.29, 0.717) is 18.7 Å². The van der Waals surface area contributed by atoms with E-state index in [9.17, 15) is 18.0 Å². The van der Waals surface area contributed by atoms with E-state index in [2.05, 4.69) is 0 Å². The lowest BCUT2D eigenvalue weighted by atomic mass is 10.0. The molecule has 1 fully saturated rings. The first kappa shape index (κ1) is 14.7. The average Bonchev–Trinajstić information content (AvgIpc) is 2.27. The first-order valence-electron chi connectivity index (χ1n) is 6.46. The summed E-state index contributed by atoms with van der Waals surface area (Å²) < 4.78 is 43.6. The smallest absolute Gasteiger partial charge is 0.416 e. The van der Waals surface area contributed by atoms with Crippen molar-refractivity contribution in [2.24, 2.45) is 0 Å². The molecule has 0 atom stereocenters. The van der Waals surface area contributed by atoms with Crippen molar-refractivity contribution in [1.82, 2.24) is 4.90 Å². The highest BCUT2D eigenvalue weighted by molar-refractivity contribution is 5.68. The van der Waals surface area contributed by atoms with Crippen molar-refractivity contribution in [1.29, 1.82) is 0 Å². The summed E-state index contributed by atoms with van der Waals surface area (Å²) in [5, 5.41) is 0. The Morgan fingerprint density at radius 3 is 2.60 bits per heavy atom. The van der Waals surface area contributed by atoms with E-state index in [4.69, 9.17) is 4.74 Å². The summed E-state index contributed by atoms with van der Waals surface area (Å²) in [4.78, 5) is 13.0. The standard InChI is InChI=1S/C14H16F3NO2/c1-10-3-4-11(12(9-10)14(15,16)17)5-8-20-13(19)18-6-2-7-18/h3-4,9H,2,5-8H2,1H3. The van der Waals surface area contributed by atoms with Crippen LogP contribution in [-0.2, 0) is 17.3 Å². The number of nitrogens with zero attached hydrogens (tertiary/aromatic N) is 1. The summed E-state index contributed by atoms with van der Waals surface area (Å²) in [5.41, 5.74) is 0.0515. The van der Waals surface area contributed by atoms with E-state index in [1.54, 1.807) is 13.0 Å². The zero-order valence-corrected chi connectivity index (χ0v) is 11.2. The van der Waals surface area contributed by atoms with E-state index in [-0.39, 0.29) is 18.6 Å². The fraction of sp³-hybridized carbons (Fsp3) is 0.500. The normalized spacial score (nSPS) is 14.9. The van der Waals surface area contributed by atoms with E-state index in [1.165, 1.54) is 11.0 Å². The molecule has 110 valence electrons. The summed E-state index contributed by atoms with van der Waals surface area (Å²) >= 11 is 0. The molecule has 0 aliphatic carbocycles. The molecule has 0 unspecified atom stereocenters. The van der Waals surface area contributed by atoms with Gasteiger partial charge in [0.1, 0.15) is 0 Å². The van der Waals surface area contributed by atoms with Gasteiger partial charge in [-0.1, -0.05) is 17.7 Å². The summed E-state index contributed by atoms with van der Waals surface area (Å²) in [5.74, 6) is 0. The number of carbonyl (C=O) groups excluding carboxylic acids is 1. The molecule has 1 aliphatic rings. The highest BCUT2D eigenvalue weighted by Crippen LogP contribution is 2.32. The van der Waals surface area contributed by atoms with Crippen LogP contribution in [-0.4, -0.2) is 30.7 Å². The Morgan fingerprint density at radius 1 is 1.35 bits per heavy atom. The van der Waals surface area contributed by atoms with Crippen molar-refractivity contribution in [3.05, 3.63) is 34.9 Å². The fourth-order valence-electron chi connectivity index (χ4n) is 2.01. The number of rotatable bonds is 3. The summed E-state index contributed by atoms with van der Waals surface area (Å²) in [6.07, 6.45) is -3.82. The fourth-order valence-corrected chi connectivity index (χ4v) is 2.01. The molecule has 1 aromatic rings. The second kappa shape index (κ2) is 5.73. The van der Waals surface area contributed by atoms with Crippen LogP contribution in [0.4, 0.5) is 18.0 Å². The van der Waals surface area contributed by atoms with Crippen molar-refractivity contribution in [3.8, 4) is 0 Å². The third kappa shape index (κ3) is 3.43. The Morgan fingerprint density at radius 2 is 2.05 bits per heavy atom. The number of aryl methyl sites for hydroxylation is 1. The second-order valence-electron chi connectivity index (χ2n) is 4.86. The molecule has 0 bridgehead atoms. The number of ether oxygens (including phenoxy) is 1.